The van der Waals surface area contributed by atoms with Crippen molar-refractivity contribution in [1.82, 2.24) is 5.32 Å². The SMILES string of the molecule is CCCCCCCCCCN[C@@H](CC(C)C)C(=O)O.[Na]. The molecule has 20 heavy (non-hydrogen) atoms. The van der Waals surface area contributed by atoms with Crippen molar-refractivity contribution >= 4 is 35.5 Å². The van der Waals surface area contributed by atoms with E-state index >= 15 is 0 Å². The molecule has 0 aliphatic rings. The van der Waals surface area contributed by atoms with Gasteiger partial charge in [0.1, 0.15) is 6.04 Å². The summed E-state index contributed by atoms with van der Waals surface area (Å²) in [6, 6.07) is -0.371. The van der Waals surface area contributed by atoms with Gasteiger partial charge in [0.05, 0.1) is 0 Å². The average Bonchev–Trinajstić information content (AvgIpc) is 2.34. The molecule has 0 spiro atoms. The molecule has 0 fully saturated rings. The predicted molar refractivity (Wildman–Crippen MR) is 87.2 cm³/mol. The Kier molecular flexibility index (Phi) is 18.0. The smallest absolute Gasteiger partial charge is 0.320 e. The van der Waals surface area contributed by atoms with Crippen molar-refractivity contribution in [2.45, 2.75) is 84.6 Å². The van der Waals surface area contributed by atoms with Gasteiger partial charge in [-0.05, 0) is 25.3 Å². The zero-order valence-electron chi connectivity index (χ0n) is 14.1. The maximum Gasteiger partial charge on any atom is 0.320 e. The summed E-state index contributed by atoms with van der Waals surface area (Å²) in [6.45, 7) is 7.20. The van der Waals surface area contributed by atoms with Crippen LogP contribution in [0.4, 0.5) is 0 Å². The van der Waals surface area contributed by atoms with Crippen LogP contribution < -0.4 is 5.32 Å². The van der Waals surface area contributed by atoms with Crippen molar-refractivity contribution in [3.8, 4) is 0 Å². The van der Waals surface area contributed by atoms with Gasteiger partial charge in [-0.25, -0.2) is 0 Å². The first-order valence-corrected chi connectivity index (χ1v) is 8.04. The first-order chi connectivity index (χ1) is 9.07. The molecule has 0 bridgehead atoms. The molecule has 0 amide bonds. The number of carboxylic acids is 1. The molecule has 0 aliphatic heterocycles. The molecule has 3 nitrogen and oxygen atoms in total. The molecule has 0 saturated heterocycles. The van der Waals surface area contributed by atoms with Gasteiger partial charge in [0.2, 0.25) is 0 Å². The quantitative estimate of drug-likeness (QED) is 0.401. The molecule has 0 saturated carbocycles. The molecule has 4 heteroatoms. The summed E-state index contributed by atoms with van der Waals surface area (Å²) in [5, 5.41) is 12.2. The predicted octanol–water partition coefficient (Wildman–Crippen LogP) is 3.84. The zero-order chi connectivity index (χ0) is 14.5. The molecule has 1 atom stereocenters. The van der Waals surface area contributed by atoms with E-state index in [2.05, 4.69) is 26.1 Å². The molecule has 0 aliphatic carbocycles. The largest absolute Gasteiger partial charge is 0.480 e. The molecule has 0 unspecified atom stereocenters. The molecule has 0 aromatic rings. The van der Waals surface area contributed by atoms with E-state index in [9.17, 15) is 4.79 Å². The van der Waals surface area contributed by atoms with Gasteiger partial charge in [-0.1, -0.05) is 65.7 Å². The Labute approximate surface area is 147 Å². The first kappa shape index (κ1) is 22.7. The van der Waals surface area contributed by atoms with Crippen LogP contribution in [0, 0.1) is 5.92 Å². The number of aliphatic carboxylic acids is 1. The number of unbranched alkanes of at least 4 members (excludes halogenated alkanes) is 7. The van der Waals surface area contributed by atoms with Gasteiger partial charge >= 0.3 is 5.97 Å². The Hall–Kier alpha value is 0.430. The van der Waals surface area contributed by atoms with Crippen molar-refractivity contribution in [3.05, 3.63) is 0 Å². The van der Waals surface area contributed by atoms with Gasteiger partial charge in [-0.3, -0.25) is 4.79 Å². The summed E-state index contributed by atoms with van der Waals surface area (Å²) in [7, 11) is 0. The van der Waals surface area contributed by atoms with Crippen LogP contribution in [0.3, 0.4) is 0 Å². The van der Waals surface area contributed by atoms with E-state index < -0.39 is 5.97 Å². The van der Waals surface area contributed by atoms with Crippen LogP contribution >= 0.6 is 0 Å². The standard InChI is InChI=1S/C16H33NO2.Na/c1-4-5-6-7-8-9-10-11-12-17-15(16(18)19)13-14(2)3;/h14-15,17H,4-13H2,1-3H3,(H,18,19);/t15-;/m0./s1. The number of carboxylic acid groups (broad SMARTS) is 1. The fraction of sp³-hybridized carbons (Fsp3) is 0.938. The van der Waals surface area contributed by atoms with Gasteiger partial charge in [-0.2, -0.15) is 0 Å². The van der Waals surface area contributed by atoms with E-state index in [1.54, 1.807) is 0 Å². The Balaban J connectivity index is 0. The summed E-state index contributed by atoms with van der Waals surface area (Å²) >= 11 is 0. The first-order valence-electron chi connectivity index (χ1n) is 8.04. The van der Waals surface area contributed by atoms with E-state index in [-0.39, 0.29) is 35.6 Å². The molecule has 0 heterocycles. The molecule has 115 valence electrons. The molecule has 0 aromatic heterocycles. The van der Waals surface area contributed by atoms with Crippen LogP contribution in [0.2, 0.25) is 0 Å². The maximum atomic E-state index is 11.0. The van der Waals surface area contributed by atoms with Crippen molar-refractivity contribution in [2.24, 2.45) is 5.92 Å². The number of nitrogens with one attached hydrogen (secondary N) is 1. The molecule has 1 radical (unpaired) electrons. The van der Waals surface area contributed by atoms with Crippen LogP contribution in [0.15, 0.2) is 0 Å². The molecule has 0 rings (SSSR count). The monoisotopic (exact) mass is 294 g/mol. The van der Waals surface area contributed by atoms with Crippen molar-refractivity contribution in [3.63, 3.8) is 0 Å². The fourth-order valence-corrected chi connectivity index (χ4v) is 2.28. The van der Waals surface area contributed by atoms with Crippen LogP contribution in [0.5, 0.6) is 0 Å². The molecule has 2 N–H and O–H groups in total. The van der Waals surface area contributed by atoms with Gasteiger partial charge in [0.15, 0.2) is 0 Å². The Morgan fingerprint density at radius 1 is 1.00 bits per heavy atom. The van der Waals surface area contributed by atoms with E-state index in [0.717, 1.165) is 13.0 Å². The number of rotatable bonds is 13. The normalized spacial score (nSPS) is 12.2. The third-order valence-electron chi connectivity index (χ3n) is 3.43. The van der Waals surface area contributed by atoms with Crippen LogP contribution in [-0.4, -0.2) is 53.2 Å². The molecule has 0 aromatic carbocycles. The second kappa shape index (κ2) is 15.8. The molecular weight excluding hydrogens is 261 g/mol. The fourth-order valence-electron chi connectivity index (χ4n) is 2.28. The van der Waals surface area contributed by atoms with Gasteiger partial charge in [0, 0.05) is 29.6 Å². The topological polar surface area (TPSA) is 49.3 Å². The number of hydrogen-bond acceptors (Lipinski definition) is 2. The Morgan fingerprint density at radius 2 is 1.50 bits per heavy atom. The summed E-state index contributed by atoms with van der Waals surface area (Å²) in [4.78, 5) is 11.0. The van der Waals surface area contributed by atoms with E-state index in [1.807, 2.05) is 0 Å². The van der Waals surface area contributed by atoms with Crippen molar-refractivity contribution in [1.29, 1.82) is 0 Å². The minimum absolute atomic E-state index is 0. The van der Waals surface area contributed by atoms with Gasteiger partial charge in [-0.15, -0.1) is 0 Å². The summed E-state index contributed by atoms with van der Waals surface area (Å²) in [6.07, 6.45) is 11.0. The minimum Gasteiger partial charge on any atom is -0.480 e. The Morgan fingerprint density at radius 3 is 1.95 bits per heavy atom. The van der Waals surface area contributed by atoms with Crippen LogP contribution in [-0.2, 0) is 4.79 Å². The summed E-state index contributed by atoms with van der Waals surface area (Å²) in [5.74, 6) is -0.291. The second-order valence-corrected chi connectivity index (χ2v) is 5.95. The maximum absolute atomic E-state index is 11.0. The summed E-state index contributed by atoms with van der Waals surface area (Å²) < 4.78 is 0. The van der Waals surface area contributed by atoms with Crippen LogP contribution in [0.25, 0.3) is 0 Å². The van der Waals surface area contributed by atoms with Crippen molar-refractivity contribution < 1.29 is 9.90 Å². The molecular formula is C16H33NNaO2. The van der Waals surface area contributed by atoms with Crippen molar-refractivity contribution in [2.75, 3.05) is 6.54 Å². The van der Waals surface area contributed by atoms with Gasteiger partial charge in [0.25, 0.3) is 0 Å². The van der Waals surface area contributed by atoms with E-state index in [4.69, 9.17) is 5.11 Å². The third kappa shape index (κ3) is 14.8. The third-order valence-corrected chi connectivity index (χ3v) is 3.43. The average molecular weight is 294 g/mol. The van der Waals surface area contributed by atoms with Crippen LogP contribution in [0.1, 0.15) is 78.6 Å². The van der Waals surface area contributed by atoms with Gasteiger partial charge < -0.3 is 10.4 Å². The van der Waals surface area contributed by atoms with E-state index in [0.29, 0.717) is 12.3 Å². The second-order valence-electron chi connectivity index (χ2n) is 5.95. The zero-order valence-corrected chi connectivity index (χ0v) is 16.1. The summed E-state index contributed by atoms with van der Waals surface area (Å²) in [5.41, 5.74) is 0. The minimum atomic E-state index is -0.715. The van der Waals surface area contributed by atoms with E-state index in [1.165, 1.54) is 44.9 Å². The Bertz CT molecular complexity index is 223. The number of hydrogen-bond donors (Lipinski definition) is 2. The number of carbonyl (C=O) groups is 1.